The lowest BCUT2D eigenvalue weighted by atomic mass is 10.2. The monoisotopic (exact) mass is 306 g/mol. The Hall–Kier alpha value is -1.67. The van der Waals surface area contributed by atoms with Crippen molar-refractivity contribution in [2.45, 2.75) is 52.6 Å². The van der Waals surface area contributed by atoms with Gasteiger partial charge in [-0.3, -0.25) is 14.4 Å². The maximum absolute atomic E-state index is 10.9. The number of rotatable bonds is 9. The van der Waals surface area contributed by atoms with Crippen LogP contribution in [-0.4, -0.2) is 54.7 Å². The fourth-order valence-corrected chi connectivity index (χ4v) is 1.40. The minimum atomic E-state index is -1.25. The van der Waals surface area contributed by atoms with Gasteiger partial charge < -0.3 is 24.1 Å². The van der Waals surface area contributed by atoms with Crippen LogP contribution in [0.1, 0.15) is 34.1 Å². The zero-order valence-corrected chi connectivity index (χ0v) is 12.7. The molecule has 0 rings (SSSR count). The molecule has 8 heteroatoms. The highest BCUT2D eigenvalue weighted by molar-refractivity contribution is 5.66. The fraction of sp³-hybridized carbons (Fsp3) is 0.769. The summed E-state index contributed by atoms with van der Waals surface area (Å²) in [6.07, 6.45) is -2.75. The topological polar surface area (TPSA) is 108 Å². The molecule has 0 heterocycles. The Labute approximate surface area is 123 Å². The zero-order chi connectivity index (χ0) is 16.4. The molecule has 0 fully saturated rings. The first-order valence-corrected chi connectivity index (χ1v) is 6.49. The Morgan fingerprint density at radius 2 is 1.57 bits per heavy atom. The van der Waals surface area contributed by atoms with Gasteiger partial charge in [-0.1, -0.05) is 0 Å². The van der Waals surface area contributed by atoms with Gasteiger partial charge in [0.25, 0.3) is 0 Å². The van der Waals surface area contributed by atoms with Gasteiger partial charge in [0.2, 0.25) is 0 Å². The first kappa shape index (κ1) is 19.3. The molecule has 0 saturated carbocycles. The molecule has 0 spiro atoms. The number of carbonyl (C=O) groups excluding carboxylic acids is 3. The van der Waals surface area contributed by atoms with Crippen LogP contribution in [0, 0.1) is 0 Å². The highest BCUT2D eigenvalue weighted by atomic mass is 16.6. The average Bonchev–Trinajstić information content (AvgIpc) is 2.32. The second-order valence-corrected chi connectivity index (χ2v) is 4.38. The molecule has 0 aromatic carbocycles. The number of carbonyl (C=O) groups is 3. The molecule has 0 aliphatic carbocycles. The quantitative estimate of drug-likeness (QED) is 0.364. The van der Waals surface area contributed by atoms with Gasteiger partial charge in [0.05, 0.1) is 6.61 Å². The third-order valence-corrected chi connectivity index (χ3v) is 2.33. The number of aliphatic hydroxyl groups excluding tert-OH is 1. The molecule has 0 bridgehead atoms. The summed E-state index contributed by atoms with van der Waals surface area (Å²) < 4.78 is 19.7. The summed E-state index contributed by atoms with van der Waals surface area (Å²) in [5, 5.41) is 9.69. The van der Waals surface area contributed by atoms with Crippen molar-refractivity contribution < 1.29 is 38.4 Å². The molecule has 0 aromatic rings. The van der Waals surface area contributed by atoms with E-state index in [4.69, 9.17) is 14.2 Å². The molecule has 0 amide bonds. The second kappa shape index (κ2) is 10.1. The van der Waals surface area contributed by atoms with Crippen LogP contribution in [0.15, 0.2) is 0 Å². The molecular weight excluding hydrogens is 284 g/mol. The van der Waals surface area contributed by atoms with Crippen molar-refractivity contribution in [2.24, 2.45) is 0 Å². The van der Waals surface area contributed by atoms with Crippen LogP contribution in [0.25, 0.3) is 0 Å². The van der Waals surface area contributed by atoms with E-state index in [1.807, 2.05) is 0 Å². The minimum Gasteiger partial charge on any atom is -0.466 e. The number of hydrogen-bond donors (Lipinski definition) is 1. The number of hydrogen-bond acceptors (Lipinski definition) is 8. The van der Waals surface area contributed by atoms with E-state index in [0.29, 0.717) is 0 Å². The third kappa shape index (κ3) is 10.7. The summed E-state index contributed by atoms with van der Waals surface area (Å²) >= 11 is 0. The number of ether oxygens (including phenoxy) is 4. The molecule has 2 unspecified atom stereocenters. The zero-order valence-electron chi connectivity index (χ0n) is 12.7. The van der Waals surface area contributed by atoms with Gasteiger partial charge in [-0.05, 0) is 6.92 Å². The van der Waals surface area contributed by atoms with Gasteiger partial charge in [0, 0.05) is 27.2 Å². The Balaban J connectivity index is 4.39. The molecule has 0 saturated heterocycles. The first-order chi connectivity index (χ1) is 9.72. The smallest absolute Gasteiger partial charge is 0.302 e. The predicted octanol–water partition coefficient (Wildman–Crippen LogP) is 0.158. The van der Waals surface area contributed by atoms with Crippen LogP contribution in [0.2, 0.25) is 0 Å². The van der Waals surface area contributed by atoms with Crippen LogP contribution < -0.4 is 0 Å². The van der Waals surface area contributed by atoms with Gasteiger partial charge in [-0.2, -0.15) is 0 Å². The van der Waals surface area contributed by atoms with Gasteiger partial charge in [-0.25, -0.2) is 0 Å². The van der Waals surface area contributed by atoms with Crippen molar-refractivity contribution in [3.63, 3.8) is 0 Å². The third-order valence-electron chi connectivity index (χ3n) is 2.33. The van der Waals surface area contributed by atoms with Crippen molar-refractivity contribution in [1.29, 1.82) is 0 Å². The van der Waals surface area contributed by atoms with Crippen LogP contribution in [0.3, 0.4) is 0 Å². The van der Waals surface area contributed by atoms with E-state index in [0.717, 1.165) is 0 Å². The highest BCUT2D eigenvalue weighted by Crippen LogP contribution is 2.10. The van der Waals surface area contributed by atoms with E-state index < -0.39 is 36.4 Å². The lowest BCUT2D eigenvalue weighted by molar-refractivity contribution is -0.197. The fourth-order valence-electron chi connectivity index (χ4n) is 1.40. The van der Waals surface area contributed by atoms with E-state index in [2.05, 4.69) is 4.74 Å². The van der Waals surface area contributed by atoms with Crippen LogP contribution >= 0.6 is 0 Å². The maximum atomic E-state index is 10.9. The Kier molecular flexibility index (Phi) is 9.31. The molecule has 0 radical (unpaired) electrons. The lowest BCUT2D eigenvalue weighted by Gasteiger charge is -2.26. The summed E-state index contributed by atoms with van der Waals surface area (Å²) in [4.78, 5) is 32.3. The standard InChI is InChI=1S/C13H22O8/c1-8(20-11(4)16)12(7-19-10(3)15)21-13(17)5-6-18-9(2)14/h8,12-13,17H,5-7H2,1-4H3/t8-,12?,13?/m0/s1. The van der Waals surface area contributed by atoms with Gasteiger partial charge >= 0.3 is 17.9 Å². The molecule has 1 N–H and O–H groups in total. The van der Waals surface area contributed by atoms with Crippen molar-refractivity contribution >= 4 is 17.9 Å². The molecule has 122 valence electrons. The molecular formula is C13H22O8. The first-order valence-electron chi connectivity index (χ1n) is 6.49. The molecule has 0 aromatic heterocycles. The van der Waals surface area contributed by atoms with Gasteiger partial charge in [0.1, 0.15) is 18.8 Å². The Morgan fingerprint density at radius 3 is 2.05 bits per heavy atom. The van der Waals surface area contributed by atoms with Crippen LogP contribution in [0.5, 0.6) is 0 Å². The maximum Gasteiger partial charge on any atom is 0.302 e. The van der Waals surface area contributed by atoms with E-state index in [9.17, 15) is 19.5 Å². The summed E-state index contributed by atoms with van der Waals surface area (Å²) in [5.74, 6) is -1.51. The minimum absolute atomic E-state index is 0.0151. The normalized spacial score (nSPS) is 14.7. The molecule has 8 nitrogen and oxygen atoms in total. The van der Waals surface area contributed by atoms with E-state index >= 15 is 0 Å². The highest BCUT2D eigenvalue weighted by Gasteiger charge is 2.25. The van der Waals surface area contributed by atoms with E-state index in [1.54, 1.807) is 6.92 Å². The summed E-state index contributed by atoms with van der Waals surface area (Å²) in [6, 6.07) is 0. The largest absolute Gasteiger partial charge is 0.466 e. The van der Waals surface area contributed by atoms with Gasteiger partial charge in [0.15, 0.2) is 6.29 Å². The molecule has 0 aliphatic rings. The summed E-state index contributed by atoms with van der Waals surface area (Å²) in [5.41, 5.74) is 0. The van der Waals surface area contributed by atoms with Gasteiger partial charge in [-0.15, -0.1) is 0 Å². The lowest BCUT2D eigenvalue weighted by Crippen LogP contribution is -2.38. The predicted molar refractivity (Wildman–Crippen MR) is 70.0 cm³/mol. The Morgan fingerprint density at radius 1 is 1.00 bits per heavy atom. The van der Waals surface area contributed by atoms with E-state index in [-0.39, 0.29) is 19.6 Å². The molecule has 0 aliphatic heterocycles. The second-order valence-electron chi connectivity index (χ2n) is 4.38. The SMILES string of the molecule is CC(=O)OCCC(O)OC(COC(C)=O)[C@H](C)OC(C)=O. The average molecular weight is 306 g/mol. The van der Waals surface area contributed by atoms with Crippen LogP contribution in [0.4, 0.5) is 0 Å². The molecule has 3 atom stereocenters. The van der Waals surface area contributed by atoms with Crippen molar-refractivity contribution in [2.75, 3.05) is 13.2 Å². The summed E-state index contributed by atoms with van der Waals surface area (Å²) in [6.45, 7) is 5.07. The molecule has 21 heavy (non-hydrogen) atoms. The number of aliphatic hydroxyl groups is 1. The Bertz CT molecular complexity index is 354. The van der Waals surface area contributed by atoms with Crippen molar-refractivity contribution in [3.8, 4) is 0 Å². The van der Waals surface area contributed by atoms with Crippen LogP contribution in [-0.2, 0) is 33.3 Å². The van der Waals surface area contributed by atoms with Crippen molar-refractivity contribution in [1.82, 2.24) is 0 Å². The van der Waals surface area contributed by atoms with E-state index in [1.165, 1.54) is 20.8 Å². The number of esters is 3. The summed E-state index contributed by atoms with van der Waals surface area (Å²) in [7, 11) is 0. The van der Waals surface area contributed by atoms with Crippen molar-refractivity contribution in [3.05, 3.63) is 0 Å².